The fraction of sp³-hybridized carbons (Fsp3) is 0.231. The van der Waals surface area contributed by atoms with Gasteiger partial charge in [-0.15, -0.1) is 0 Å². The number of hydrogen-bond acceptors (Lipinski definition) is 5. The highest BCUT2D eigenvalue weighted by molar-refractivity contribution is 6.31. The number of nitrogens with zero attached hydrogens (tertiary/aromatic N) is 1. The number of nitro groups is 1. The molecule has 1 aromatic rings. The average Bonchev–Trinajstić information content (AvgIpc) is 2.44. The van der Waals surface area contributed by atoms with Crippen molar-refractivity contribution in [2.75, 3.05) is 11.9 Å². The van der Waals surface area contributed by atoms with E-state index < -0.39 is 23.4 Å². The largest absolute Gasteiger partial charge is 0.452 e. The highest BCUT2D eigenvalue weighted by Crippen LogP contribution is 2.27. The summed E-state index contributed by atoms with van der Waals surface area (Å²) in [6.07, 6.45) is 3.46. The molecule has 1 rings (SSSR count). The molecule has 0 saturated heterocycles. The second-order valence-electron chi connectivity index (χ2n) is 3.89. The lowest BCUT2D eigenvalue weighted by atomic mass is 10.2. The van der Waals surface area contributed by atoms with Crippen LogP contribution >= 0.6 is 11.6 Å². The van der Waals surface area contributed by atoms with Gasteiger partial charge in [0.05, 0.1) is 4.92 Å². The molecule has 7 nitrogen and oxygen atoms in total. The molecule has 0 radical (unpaired) electrons. The number of amides is 1. The van der Waals surface area contributed by atoms with E-state index in [1.807, 2.05) is 6.92 Å². The first-order valence-corrected chi connectivity index (χ1v) is 6.39. The molecule has 8 heteroatoms. The molecule has 0 unspecified atom stereocenters. The van der Waals surface area contributed by atoms with Crippen molar-refractivity contribution < 1.29 is 19.2 Å². The number of hydrogen-bond donors (Lipinski definition) is 1. The van der Waals surface area contributed by atoms with E-state index in [4.69, 9.17) is 11.6 Å². The molecule has 0 spiro atoms. The Kier molecular flexibility index (Phi) is 6.35. The number of halogens is 1. The lowest BCUT2D eigenvalue weighted by Gasteiger charge is -2.06. The number of rotatable bonds is 6. The van der Waals surface area contributed by atoms with Crippen LogP contribution in [0.15, 0.2) is 30.4 Å². The van der Waals surface area contributed by atoms with Gasteiger partial charge in [0.15, 0.2) is 6.61 Å². The van der Waals surface area contributed by atoms with Gasteiger partial charge in [0.25, 0.3) is 11.6 Å². The number of nitro benzene ring substituents is 1. The lowest BCUT2D eigenvalue weighted by molar-refractivity contribution is -0.383. The van der Waals surface area contributed by atoms with Crippen LogP contribution in [0.4, 0.5) is 11.4 Å². The summed E-state index contributed by atoms with van der Waals surface area (Å²) in [6, 6.07) is 3.82. The van der Waals surface area contributed by atoms with Gasteiger partial charge in [-0.3, -0.25) is 14.9 Å². The number of ether oxygens (including phenoxy) is 1. The third kappa shape index (κ3) is 5.62. The summed E-state index contributed by atoms with van der Waals surface area (Å²) in [5.41, 5.74) is -0.359. The van der Waals surface area contributed by atoms with E-state index in [-0.39, 0.29) is 16.4 Å². The minimum Gasteiger partial charge on any atom is -0.452 e. The van der Waals surface area contributed by atoms with Crippen LogP contribution < -0.4 is 5.32 Å². The summed E-state index contributed by atoms with van der Waals surface area (Å²) in [5.74, 6) is -1.34. The predicted octanol–water partition coefficient (Wildman–Crippen LogP) is 2.70. The molecule has 0 fully saturated rings. The smallest absolute Gasteiger partial charge is 0.330 e. The number of carbonyl (C=O) groups excluding carboxylic acids is 2. The first-order chi connectivity index (χ1) is 9.93. The Labute approximate surface area is 125 Å². The topological polar surface area (TPSA) is 98.5 Å². The molecule has 0 bridgehead atoms. The number of allylic oxidation sites excluding steroid dienone is 1. The maximum absolute atomic E-state index is 11.6. The minimum absolute atomic E-state index is 0.0189. The Balaban J connectivity index is 2.65. The molecular formula is C13H13ClN2O5. The van der Waals surface area contributed by atoms with Crippen LogP contribution in [0.3, 0.4) is 0 Å². The van der Waals surface area contributed by atoms with Crippen LogP contribution in [0.5, 0.6) is 0 Å². The number of nitrogens with one attached hydrogen (secondary N) is 1. The number of benzene rings is 1. The molecule has 1 aromatic carbocycles. The van der Waals surface area contributed by atoms with Gasteiger partial charge >= 0.3 is 5.97 Å². The van der Waals surface area contributed by atoms with Gasteiger partial charge in [-0.05, 0) is 18.6 Å². The molecule has 0 aromatic heterocycles. The van der Waals surface area contributed by atoms with Crippen molar-refractivity contribution in [2.24, 2.45) is 0 Å². The predicted molar refractivity (Wildman–Crippen MR) is 77.1 cm³/mol. The molecule has 1 amide bonds. The van der Waals surface area contributed by atoms with Gasteiger partial charge in [0.1, 0.15) is 5.69 Å². The van der Waals surface area contributed by atoms with Gasteiger partial charge in [-0.2, -0.15) is 0 Å². The number of carbonyl (C=O) groups is 2. The molecule has 0 aliphatic heterocycles. The van der Waals surface area contributed by atoms with E-state index in [0.717, 1.165) is 6.07 Å². The van der Waals surface area contributed by atoms with Gasteiger partial charge in [0.2, 0.25) is 0 Å². The SMILES string of the molecule is CC/C=C/C(=O)OCC(=O)Nc1ccc(Cl)cc1[N+](=O)[O-]. The second kappa shape index (κ2) is 8.01. The third-order valence-corrected chi connectivity index (χ3v) is 2.50. The summed E-state index contributed by atoms with van der Waals surface area (Å²) in [5, 5.41) is 13.3. The first kappa shape index (κ1) is 16.6. The van der Waals surface area contributed by atoms with Gasteiger partial charge in [-0.25, -0.2) is 4.79 Å². The van der Waals surface area contributed by atoms with E-state index >= 15 is 0 Å². The zero-order valence-corrected chi connectivity index (χ0v) is 11.9. The zero-order valence-electron chi connectivity index (χ0n) is 11.2. The maximum Gasteiger partial charge on any atom is 0.330 e. The number of esters is 1. The summed E-state index contributed by atoms with van der Waals surface area (Å²) < 4.78 is 4.67. The third-order valence-electron chi connectivity index (χ3n) is 2.27. The second-order valence-corrected chi connectivity index (χ2v) is 4.32. The van der Waals surface area contributed by atoms with E-state index in [1.165, 1.54) is 18.2 Å². The lowest BCUT2D eigenvalue weighted by Crippen LogP contribution is -2.20. The van der Waals surface area contributed by atoms with Crippen molar-refractivity contribution in [1.29, 1.82) is 0 Å². The molecule has 0 heterocycles. The molecule has 0 aliphatic carbocycles. The van der Waals surface area contributed by atoms with Crippen molar-refractivity contribution in [2.45, 2.75) is 13.3 Å². The van der Waals surface area contributed by atoms with Crippen LogP contribution in [-0.4, -0.2) is 23.4 Å². The monoisotopic (exact) mass is 312 g/mol. The number of anilines is 1. The van der Waals surface area contributed by atoms with Gasteiger partial charge in [-0.1, -0.05) is 24.6 Å². The molecule has 0 aliphatic rings. The highest BCUT2D eigenvalue weighted by Gasteiger charge is 2.16. The molecule has 1 N–H and O–H groups in total. The van der Waals surface area contributed by atoms with Crippen molar-refractivity contribution in [3.8, 4) is 0 Å². The van der Waals surface area contributed by atoms with E-state index in [1.54, 1.807) is 6.08 Å². The maximum atomic E-state index is 11.6. The Hall–Kier alpha value is -2.41. The fourth-order valence-electron chi connectivity index (χ4n) is 1.35. The average molecular weight is 313 g/mol. The molecule has 0 atom stereocenters. The first-order valence-electron chi connectivity index (χ1n) is 6.01. The Morgan fingerprint density at radius 1 is 1.48 bits per heavy atom. The summed E-state index contributed by atoms with van der Waals surface area (Å²) >= 11 is 5.65. The van der Waals surface area contributed by atoms with Gasteiger partial charge < -0.3 is 10.1 Å². The normalized spacial score (nSPS) is 10.4. The van der Waals surface area contributed by atoms with Crippen LogP contribution in [-0.2, 0) is 14.3 Å². The molecule has 112 valence electrons. The summed E-state index contributed by atoms with van der Waals surface area (Å²) in [6.45, 7) is 1.31. The Morgan fingerprint density at radius 2 is 2.19 bits per heavy atom. The quantitative estimate of drug-likeness (QED) is 0.377. The van der Waals surface area contributed by atoms with Crippen LogP contribution in [0, 0.1) is 10.1 Å². The van der Waals surface area contributed by atoms with Crippen molar-refractivity contribution >= 4 is 34.9 Å². The van der Waals surface area contributed by atoms with Crippen LogP contribution in [0.1, 0.15) is 13.3 Å². The van der Waals surface area contributed by atoms with Crippen LogP contribution in [0.2, 0.25) is 5.02 Å². The van der Waals surface area contributed by atoms with E-state index in [9.17, 15) is 19.7 Å². The zero-order chi connectivity index (χ0) is 15.8. The molecule has 0 saturated carbocycles. The molecular weight excluding hydrogens is 300 g/mol. The van der Waals surface area contributed by atoms with Crippen molar-refractivity contribution in [3.63, 3.8) is 0 Å². The standard InChI is InChI=1S/C13H13ClN2O5/c1-2-3-4-13(18)21-8-12(17)15-10-6-5-9(14)7-11(10)16(19)20/h3-7H,2,8H2,1H3,(H,15,17)/b4-3+. The van der Waals surface area contributed by atoms with E-state index in [2.05, 4.69) is 10.1 Å². The summed E-state index contributed by atoms with van der Waals surface area (Å²) in [7, 11) is 0. The van der Waals surface area contributed by atoms with Crippen molar-refractivity contribution in [3.05, 3.63) is 45.5 Å². The van der Waals surface area contributed by atoms with Crippen molar-refractivity contribution in [1.82, 2.24) is 0 Å². The minimum atomic E-state index is -0.682. The molecule has 21 heavy (non-hydrogen) atoms. The van der Waals surface area contributed by atoms with Gasteiger partial charge in [0, 0.05) is 17.2 Å². The summed E-state index contributed by atoms with van der Waals surface area (Å²) in [4.78, 5) is 32.9. The Bertz CT molecular complexity index is 586. The van der Waals surface area contributed by atoms with Crippen LogP contribution in [0.25, 0.3) is 0 Å². The van der Waals surface area contributed by atoms with E-state index in [0.29, 0.717) is 6.42 Å². The fourth-order valence-corrected chi connectivity index (χ4v) is 1.51. The Morgan fingerprint density at radius 3 is 2.81 bits per heavy atom. The highest BCUT2D eigenvalue weighted by atomic mass is 35.5.